The van der Waals surface area contributed by atoms with Crippen molar-refractivity contribution in [3.05, 3.63) is 86.4 Å². The van der Waals surface area contributed by atoms with Crippen LogP contribution in [0.15, 0.2) is 19.2 Å². The molecule has 0 unspecified atom stereocenters. The molecular weight excluding hydrogens is 392 g/mol. The third kappa shape index (κ3) is 2.40. The molecule has 0 saturated heterocycles. The summed E-state index contributed by atoms with van der Waals surface area (Å²) in [6.45, 7) is 10.6. The van der Waals surface area contributed by atoms with Crippen LogP contribution in [0.2, 0.25) is 0 Å². The summed E-state index contributed by atoms with van der Waals surface area (Å²) in [4.78, 5) is 49.8. The molecule has 0 atom stereocenters. The first-order valence-corrected chi connectivity index (χ1v) is 10.4. The molecule has 0 aliphatic rings. The highest BCUT2D eigenvalue weighted by molar-refractivity contribution is 7.97. The van der Waals surface area contributed by atoms with Crippen LogP contribution in [0.3, 0.4) is 0 Å². The van der Waals surface area contributed by atoms with Crippen molar-refractivity contribution in [1.29, 1.82) is 0 Å². The Kier molecular flexibility index (Phi) is 4.27. The number of hydrogen-bond acceptors (Lipinski definition) is 5. The summed E-state index contributed by atoms with van der Waals surface area (Å²) in [5.74, 6) is 1.00. The lowest BCUT2D eigenvalue weighted by Gasteiger charge is -2.06. The molecule has 4 rings (SSSR count). The van der Waals surface area contributed by atoms with Crippen LogP contribution in [0, 0.1) is 41.5 Å². The number of thioether (sulfide) groups is 1. The zero-order chi connectivity index (χ0) is 21.4. The largest absolute Gasteiger partial charge is 0.277 e. The third-order valence-corrected chi connectivity index (χ3v) is 6.98. The van der Waals surface area contributed by atoms with E-state index in [9.17, 15) is 19.2 Å². The Morgan fingerprint density at radius 2 is 0.828 bits per heavy atom. The molecule has 0 aromatic carbocycles. The van der Waals surface area contributed by atoms with Crippen molar-refractivity contribution >= 4 is 11.8 Å². The van der Waals surface area contributed by atoms with Crippen LogP contribution in [-0.4, -0.2) is 18.1 Å². The summed E-state index contributed by atoms with van der Waals surface area (Å²) in [5.41, 5.74) is 4.16. The van der Waals surface area contributed by atoms with Crippen molar-refractivity contribution in [3.63, 3.8) is 0 Å². The number of aromatic nitrogens is 4. The van der Waals surface area contributed by atoms with Gasteiger partial charge >= 0.3 is 0 Å². The van der Waals surface area contributed by atoms with Crippen LogP contribution >= 0.6 is 11.8 Å². The van der Waals surface area contributed by atoms with Crippen molar-refractivity contribution in [3.8, 4) is 0 Å². The number of nitrogens with zero attached hydrogens (tertiary/aromatic N) is 4. The van der Waals surface area contributed by atoms with Crippen LogP contribution in [0.4, 0.5) is 0 Å². The predicted molar refractivity (Wildman–Crippen MR) is 113 cm³/mol. The fraction of sp³-hybridized carbons (Fsp3) is 0.400. The monoisotopic (exact) mass is 414 g/mol. The topological polar surface area (TPSA) is 85.9 Å². The van der Waals surface area contributed by atoms with E-state index in [1.54, 1.807) is 48.5 Å². The van der Waals surface area contributed by atoms with E-state index in [-0.39, 0.29) is 22.2 Å². The molecule has 4 heterocycles. The molecular formula is C20H22N4O4S. The second-order valence-corrected chi connectivity index (χ2v) is 8.51. The summed E-state index contributed by atoms with van der Waals surface area (Å²) < 4.78 is 5.78. The van der Waals surface area contributed by atoms with Crippen molar-refractivity contribution in [2.75, 3.05) is 0 Å². The summed E-state index contributed by atoms with van der Waals surface area (Å²) in [6.07, 6.45) is 0. The quantitative estimate of drug-likeness (QED) is 0.497. The lowest BCUT2D eigenvalue weighted by atomic mass is 10.2. The molecule has 0 amide bonds. The molecule has 4 aromatic heterocycles. The first-order chi connectivity index (χ1) is 13.6. The summed E-state index contributed by atoms with van der Waals surface area (Å²) in [7, 11) is 0. The molecule has 0 radical (unpaired) electrons. The maximum atomic E-state index is 12.5. The minimum Gasteiger partial charge on any atom is -0.267 e. The maximum Gasteiger partial charge on any atom is 0.277 e. The van der Waals surface area contributed by atoms with Crippen molar-refractivity contribution in [2.24, 2.45) is 0 Å². The van der Waals surface area contributed by atoms with E-state index in [1.807, 2.05) is 13.8 Å². The lowest BCUT2D eigenvalue weighted by molar-refractivity contribution is 0.762. The Labute approximate surface area is 169 Å². The van der Waals surface area contributed by atoms with Gasteiger partial charge in [0.05, 0.1) is 11.4 Å². The Balaban J connectivity index is 1.75. The molecule has 152 valence electrons. The molecule has 0 fully saturated rings. The first-order valence-electron chi connectivity index (χ1n) is 9.29. The Bertz CT molecular complexity index is 1400. The minimum atomic E-state index is -0.293. The highest BCUT2D eigenvalue weighted by atomic mass is 32.2. The highest BCUT2D eigenvalue weighted by Gasteiger charge is 2.22. The number of aryl methyl sites for hydroxylation is 2. The SMILES string of the molecule is Cc1c(C)n2c(CSCc3c(C)c(=O)n4c(=O)c(C)c(C)n34)c(C)c(=O)n2c1=O. The van der Waals surface area contributed by atoms with Crippen molar-refractivity contribution in [2.45, 2.75) is 53.0 Å². The zero-order valence-corrected chi connectivity index (χ0v) is 18.1. The van der Waals surface area contributed by atoms with Crippen LogP contribution < -0.4 is 22.2 Å². The van der Waals surface area contributed by atoms with Crippen LogP contribution in [0.1, 0.15) is 45.0 Å². The average molecular weight is 414 g/mol. The van der Waals surface area contributed by atoms with Gasteiger partial charge in [0.15, 0.2) is 0 Å². The van der Waals surface area contributed by atoms with Crippen LogP contribution in [0.25, 0.3) is 0 Å². The van der Waals surface area contributed by atoms with Gasteiger partial charge in [-0.05, 0) is 41.5 Å². The highest BCUT2D eigenvalue weighted by Crippen LogP contribution is 2.22. The average Bonchev–Trinajstić information content (AvgIpc) is 3.26. The van der Waals surface area contributed by atoms with Gasteiger partial charge in [0.25, 0.3) is 22.2 Å². The first kappa shape index (κ1) is 19.5. The van der Waals surface area contributed by atoms with Gasteiger partial charge in [0.2, 0.25) is 0 Å². The van der Waals surface area contributed by atoms with Crippen LogP contribution in [-0.2, 0) is 11.5 Å². The maximum absolute atomic E-state index is 12.5. The Morgan fingerprint density at radius 3 is 1.17 bits per heavy atom. The van der Waals surface area contributed by atoms with E-state index >= 15 is 0 Å². The van der Waals surface area contributed by atoms with E-state index in [2.05, 4.69) is 0 Å². The zero-order valence-electron chi connectivity index (χ0n) is 17.2. The second-order valence-electron chi connectivity index (χ2n) is 7.52. The summed E-state index contributed by atoms with van der Waals surface area (Å²) in [6, 6.07) is 0. The Hall–Kier alpha value is -2.81. The van der Waals surface area contributed by atoms with E-state index in [1.165, 1.54) is 9.03 Å². The molecule has 0 aliphatic carbocycles. The normalized spacial score (nSPS) is 12.1. The second kappa shape index (κ2) is 6.35. The van der Waals surface area contributed by atoms with Gasteiger partial charge in [-0.3, -0.25) is 28.2 Å². The lowest BCUT2D eigenvalue weighted by Crippen LogP contribution is -2.23. The van der Waals surface area contributed by atoms with E-state index in [0.29, 0.717) is 33.8 Å². The fourth-order valence-electron chi connectivity index (χ4n) is 3.90. The standard InChI is InChI=1S/C20H22N4O4S/c1-9-13(5)21-15(11(3)19(27)23(21)17(9)25)7-29-8-16-12(4)20(28)24-18(26)10(2)14(6)22(16)24/h7-8H2,1-6H3. The van der Waals surface area contributed by atoms with Gasteiger partial charge in [-0.15, -0.1) is 11.8 Å². The van der Waals surface area contributed by atoms with E-state index in [0.717, 1.165) is 22.8 Å². The molecule has 0 saturated carbocycles. The van der Waals surface area contributed by atoms with Gasteiger partial charge in [-0.1, -0.05) is 0 Å². The number of hydrogen-bond donors (Lipinski definition) is 0. The van der Waals surface area contributed by atoms with Crippen molar-refractivity contribution in [1.82, 2.24) is 18.1 Å². The van der Waals surface area contributed by atoms with E-state index < -0.39 is 0 Å². The summed E-state index contributed by atoms with van der Waals surface area (Å²) >= 11 is 1.54. The molecule has 9 heteroatoms. The fourth-order valence-corrected chi connectivity index (χ4v) is 5.07. The van der Waals surface area contributed by atoms with E-state index in [4.69, 9.17) is 0 Å². The van der Waals surface area contributed by atoms with Gasteiger partial charge < -0.3 is 0 Å². The van der Waals surface area contributed by atoms with Crippen LogP contribution in [0.5, 0.6) is 0 Å². The van der Waals surface area contributed by atoms with Gasteiger partial charge in [0, 0.05) is 45.1 Å². The van der Waals surface area contributed by atoms with Gasteiger partial charge in [-0.2, -0.15) is 9.03 Å². The molecule has 0 spiro atoms. The smallest absolute Gasteiger partial charge is 0.267 e. The summed E-state index contributed by atoms with van der Waals surface area (Å²) in [5, 5.41) is 0. The molecule has 0 bridgehead atoms. The van der Waals surface area contributed by atoms with Crippen molar-refractivity contribution < 1.29 is 0 Å². The third-order valence-electron chi connectivity index (χ3n) is 6.03. The minimum absolute atomic E-state index is 0.283. The number of fused-ring (bicyclic) bond motifs is 2. The number of rotatable bonds is 4. The van der Waals surface area contributed by atoms with Gasteiger partial charge in [0.1, 0.15) is 0 Å². The molecule has 29 heavy (non-hydrogen) atoms. The molecule has 0 N–H and O–H groups in total. The molecule has 4 aromatic rings. The molecule has 8 nitrogen and oxygen atoms in total. The van der Waals surface area contributed by atoms with Gasteiger partial charge in [-0.25, -0.2) is 0 Å². The molecule has 0 aliphatic heterocycles. The predicted octanol–water partition coefficient (Wildman–Crippen LogP) is 0.991. The Morgan fingerprint density at radius 1 is 0.517 bits per heavy atom.